The van der Waals surface area contributed by atoms with E-state index in [1.54, 1.807) is 0 Å². The summed E-state index contributed by atoms with van der Waals surface area (Å²) >= 11 is 0. The predicted octanol–water partition coefficient (Wildman–Crippen LogP) is 3.93. The molecule has 2 nitrogen and oxygen atoms in total. The van der Waals surface area contributed by atoms with Crippen LogP contribution >= 0.6 is 0 Å². The molecule has 7 heteroatoms. The summed E-state index contributed by atoms with van der Waals surface area (Å²) in [6, 6.07) is 0. The topological polar surface area (TPSA) is 21.6 Å². The van der Waals surface area contributed by atoms with Crippen molar-refractivity contribution in [3.63, 3.8) is 0 Å². The van der Waals surface area contributed by atoms with Crippen LogP contribution < -0.4 is 0 Å². The molecule has 0 bridgehead atoms. The van der Waals surface area contributed by atoms with E-state index in [1.807, 2.05) is 13.8 Å². The van der Waals surface area contributed by atoms with Crippen LogP contribution in [-0.2, 0) is 11.4 Å². The van der Waals surface area contributed by atoms with E-state index in [9.17, 15) is 22.0 Å². The number of nitrogens with zero attached hydrogens (tertiary/aromatic N) is 1. The minimum absolute atomic E-state index is 0.0800. The molecule has 0 radical (unpaired) electrons. The van der Waals surface area contributed by atoms with Crippen molar-refractivity contribution in [2.45, 2.75) is 26.9 Å². The maximum Gasteiger partial charge on any atom is 0.200 e. The molecule has 106 valence electrons. The molecular weight excluding hydrogens is 269 g/mol. The lowest BCUT2D eigenvalue weighted by Gasteiger charge is -2.07. The van der Waals surface area contributed by atoms with Crippen LogP contribution in [0, 0.1) is 35.0 Å². The Morgan fingerprint density at radius 2 is 1.47 bits per heavy atom. The van der Waals surface area contributed by atoms with Crippen LogP contribution in [0.2, 0.25) is 0 Å². The first-order valence-corrected chi connectivity index (χ1v) is 5.55. The first kappa shape index (κ1) is 15.4. The Morgan fingerprint density at radius 1 is 1.00 bits per heavy atom. The molecule has 0 aromatic heterocycles. The Labute approximate surface area is 106 Å². The van der Waals surface area contributed by atoms with Gasteiger partial charge in [-0.05, 0) is 12.3 Å². The van der Waals surface area contributed by atoms with Crippen molar-refractivity contribution >= 4 is 6.21 Å². The van der Waals surface area contributed by atoms with Gasteiger partial charge in [-0.2, -0.15) is 0 Å². The summed E-state index contributed by atoms with van der Waals surface area (Å²) in [7, 11) is 0. The molecule has 0 N–H and O–H groups in total. The molecule has 0 aliphatic rings. The summed E-state index contributed by atoms with van der Waals surface area (Å²) in [4.78, 5) is 4.54. The van der Waals surface area contributed by atoms with Gasteiger partial charge in [0, 0.05) is 6.21 Å². The SMILES string of the molecule is CCC(C)/C=N/OCc1c(F)c(F)c(F)c(F)c1F. The van der Waals surface area contributed by atoms with E-state index in [2.05, 4.69) is 9.99 Å². The highest BCUT2D eigenvalue weighted by Gasteiger charge is 2.25. The van der Waals surface area contributed by atoms with E-state index in [0.717, 1.165) is 6.42 Å². The molecule has 0 saturated heterocycles. The highest BCUT2D eigenvalue weighted by atomic mass is 19.2. The molecule has 0 saturated carbocycles. The highest BCUT2D eigenvalue weighted by Crippen LogP contribution is 2.23. The number of oxime groups is 1. The van der Waals surface area contributed by atoms with Crippen LogP contribution in [0.1, 0.15) is 25.8 Å². The van der Waals surface area contributed by atoms with Crippen molar-refractivity contribution in [3.8, 4) is 0 Å². The normalized spacial score (nSPS) is 13.0. The zero-order chi connectivity index (χ0) is 14.6. The maximum atomic E-state index is 13.2. The standard InChI is InChI=1S/C12H12F5NO/c1-3-6(2)4-18-19-5-7-8(13)10(15)12(17)11(16)9(7)14/h4,6H,3,5H2,1-2H3/b18-4+. The van der Waals surface area contributed by atoms with Crippen molar-refractivity contribution in [2.24, 2.45) is 11.1 Å². The number of benzene rings is 1. The molecule has 0 fully saturated rings. The average molecular weight is 281 g/mol. The van der Waals surface area contributed by atoms with Gasteiger partial charge in [0.2, 0.25) is 5.82 Å². The van der Waals surface area contributed by atoms with E-state index >= 15 is 0 Å². The lowest BCUT2D eigenvalue weighted by Crippen LogP contribution is -2.07. The fraction of sp³-hybridized carbons (Fsp3) is 0.417. The molecule has 1 aromatic rings. The van der Waals surface area contributed by atoms with Crippen molar-refractivity contribution in [2.75, 3.05) is 0 Å². The highest BCUT2D eigenvalue weighted by molar-refractivity contribution is 5.59. The second-order valence-corrected chi connectivity index (χ2v) is 3.96. The summed E-state index contributed by atoms with van der Waals surface area (Å²) in [5.41, 5.74) is -1.04. The number of hydrogen-bond donors (Lipinski definition) is 0. The van der Waals surface area contributed by atoms with Crippen LogP contribution in [0.15, 0.2) is 5.16 Å². The minimum atomic E-state index is -2.19. The maximum absolute atomic E-state index is 13.2. The van der Waals surface area contributed by atoms with Crippen molar-refractivity contribution < 1.29 is 26.8 Å². The Hall–Kier alpha value is -1.66. The summed E-state index contributed by atoms with van der Waals surface area (Å²) in [5.74, 6) is -9.92. The van der Waals surface area contributed by atoms with Gasteiger partial charge in [-0.1, -0.05) is 19.0 Å². The second kappa shape index (κ2) is 6.49. The molecule has 1 aromatic carbocycles. The molecule has 0 heterocycles. The zero-order valence-electron chi connectivity index (χ0n) is 10.3. The van der Waals surface area contributed by atoms with E-state index in [4.69, 9.17) is 0 Å². The van der Waals surface area contributed by atoms with Crippen molar-refractivity contribution in [3.05, 3.63) is 34.6 Å². The molecule has 0 spiro atoms. The first-order valence-electron chi connectivity index (χ1n) is 5.55. The van der Waals surface area contributed by atoms with Crippen LogP contribution in [0.5, 0.6) is 0 Å². The Morgan fingerprint density at radius 3 is 1.95 bits per heavy atom. The molecule has 0 aliphatic carbocycles. The first-order chi connectivity index (χ1) is 8.90. The fourth-order valence-corrected chi connectivity index (χ4v) is 1.13. The van der Waals surface area contributed by atoms with E-state index in [1.165, 1.54) is 6.21 Å². The van der Waals surface area contributed by atoms with Crippen LogP contribution in [0.3, 0.4) is 0 Å². The third-order valence-electron chi connectivity index (χ3n) is 2.54. The number of halogens is 5. The molecule has 0 aliphatic heterocycles. The quantitative estimate of drug-likeness (QED) is 0.263. The van der Waals surface area contributed by atoms with Gasteiger partial charge < -0.3 is 4.84 Å². The lowest BCUT2D eigenvalue weighted by atomic mass is 10.1. The predicted molar refractivity (Wildman–Crippen MR) is 59.0 cm³/mol. The van der Waals surface area contributed by atoms with Gasteiger partial charge in [0.1, 0.15) is 6.61 Å². The van der Waals surface area contributed by atoms with Gasteiger partial charge in [0.05, 0.1) is 5.56 Å². The van der Waals surface area contributed by atoms with E-state index < -0.39 is 41.3 Å². The van der Waals surface area contributed by atoms with Crippen LogP contribution in [0.4, 0.5) is 22.0 Å². The molecular formula is C12H12F5NO. The fourth-order valence-electron chi connectivity index (χ4n) is 1.13. The van der Waals surface area contributed by atoms with E-state index in [-0.39, 0.29) is 5.92 Å². The third-order valence-corrected chi connectivity index (χ3v) is 2.54. The Balaban J connectivity index is 2.88. The molecule has 1 atom stereocenters. The summed E-state index contributed by atoms with van der Waals surface area (Å²) in [6.07, 6.45) is 2.15. The summed E-state index contributed by atoms with van der Waals surface area (Å²) in [6.45, 7) is 2.88. The van der Waals surface area contributed by atoms with Gasteiger partial charge in [0.25, 0.3) is 0 Å². The zero-order valence-corrected chi connectivity index (χ0v) is 10.3. The summed E-state index contributed by atoms with van der Waals surface area (Å²) < 4.78 is 64.8. The number of hydrogen-bond acceptors (Lipinski definition) is 2. The van der Waals surface area contributed by atoms with Crippen molar-refractivity contribution in [1.29, 1.82) is 0 Å². The van der Waals surface area contributed by atoms with Crippen molar-refractivity contribution in [1.82, 2.24) is 0 Å². The Bertz CT molecular complexity index is 460. The van der Waals surface area contributed by atoms with Crippen LogP contribution in [0.25, 0.3) is 0 Å². The van der Waals surface area contributed by atoms with Crippen LogP contribution in [-0.4, -0.2) is 6.21 Å². The number of rotatable bonds is 5. The van der Waals surface area contributed by atoms with Gasteiger partial charge in [-0.25, -0.2) is 22.0 Å². The van der Waals surface area contributed by atoms with E-state index in [0.29, 0.717) is 0 Å². The molecule has 1 rings (SSSR count). The Kier molecular flexibility index (Phi) is 5.26. The molecule has 0 amide bonds. The average Bonchev–Trinajstić information content (AvgIpc) is 2.41. The van der Waals surface area contributed by atoms with Gasteiger partial charge in [-0.3, -0.25) is 0 Å². The van der Waals surface area contributed by atoms with Gasteiger partial charge >= 0.3 is 0 Å². The third kappa shape index (κ3) is 3.42. The smallest absolute Gasteiger partial charge is 0.200 e. The van der Waals surface area contributed by atoms with Gasteiger partial charge in [0.15, 0.2) is 23.3 Å². The monoisotopic (exact) mass is 281 g/mol. The molecule has 1 unspecified atom stereocenters. The summed E-state index contributed by atoms with van der Waals surface area (Å²) in [5, 5.41) is 3.40. The minimum Gasteiger partial charge on any atom is -0.391 e. The molecule has 19 heavy (non-hydrogen) atoms. The largest absolute Gasteiger partial charge is 0.391 e. The second-order valence-electron chi connectivity index (χ2n) is 3.96. The van der Waals surface area contributed by atoms with Gasteiger partial charge in [-0.15, -0.1) is 0 Å². The lowest BCUT2D eigenvalue weighted by molar-refractivity contribution is 0.123.